The minimum atomic E-state index is -0.625. The summed E-state index contributed by atoms with van der Waals surface area (Å²) in [5.41, 5.74) is 2.93. The quantitative estimate of drug-likeness (QED) is 0.819. The summed E-state index contributed by atoms with van der Waals surface area (Å²) in [4.78, 5) is 16.7. The van der Waals surface area contributed by atoms with Gasteiger partial charge in [-0.1, -0.05) is 29.8 Å². The Labute approximate surface area is 142 Å². The standard InChI is InChI=1S/C19H24N2O3/c1-14-4-6-15(7-5-14)16-10-17(12-20-11-16)18(23)21-19(2,8-9-22)13-24-3/h4-7,10-12,22H,8-9,13H2,1-3H3,(H,21,23). The summed E-state index contributed by atoms with van der Waals surface area (Å²) >= 11 is 0. The monoisotopic (exact) mass is 328 g/mol. The van der Waals surface area contributed by atoms with E-state index in [4.69, 9.17) is 4.74 Å². The first-order valence-electron chi connectivity index (χ1n) is 7.92. The maximum absolute atomic E-state index is 12.6. The molecule has 5 heteroatoms. The Hall–Kier alpha value is -2.24. The summed E-state index contributed by atoms with van der Waals surface area (Å²) in [6, 6.07) is 9.89. The summed E-state index contributed by atoms with van der Waals surface area (Å²) in [6.45, 7) is 4.18. The first kappa shape index (κ1) is 18.1. The number of nitrogens with one attached hydrogen (secondary N) is 1. The molecule has 128 valence electrons. The van der Waals surface area contributed by atoms with Crippen molar-refractivity contribution in [3.05, 3.63) is 53.9 Å². The van der Waals surface area contributed by atoms with Crippen LogP contribution in [0.25, 0.3) is 11.1 Å². The van der Waals surface area contributed by atoms with Crippen LogP contribution in [0.3, 0.4) is 0 Å². The molecule has 0 aliphatic heterocycles. The topological polar surface area (TPSA) is 71.5 Å². The predicted octanol–water partition coefficient (Wildman–Crippen LogP) is 2.57. The highest BCUT2D eigenvalue weighted by atomic mass is 16.5. The van der Waals surface area contributed by atoms with E-state index in [2.05, 4.69) is 10.3 Å². The normalized spacial score (nSPS) is 13.3. The number of nitrogens with zero attached hydrogens (tertiary/aromatic N) is 1. The molecule has 2 aromatic rings. The summed E-state index contributed by atoms with van der Waals surface area (Å²) in [5.74, 6) is -0.232. The highest BCUT2D eigenvalue weighted by molar-refractivity contribution is 5.95. The molecule has 24 heavy (non-hydrogen) atoms. The molecule has 0 saturated carbocycles. The highest BCUT2D eigenvalue weighted by Gasteiger charge is 2.26. The molecule has 0 aliphatic carbocycles. The minimum Gasteiger partial charge on any atom is -0.396 e. The van der Waals surface area contributed by atoms with Crippen molar-refractivity contribution in [2.24, 2.45) is 0 Å². The summed E-state index contributed by atoms with van der Waals surface area (Å²) in [5, 5.41) is 12.1. The molecule has 0 spiro atoms. The predicted molar refractivity (Wildman–Crippen MR) is 93.9 cm³/mol. The van der Waals surface area contributed by atoms with Crippen LogP contribution in [0.4, 0.5) is 0 Å². The Balaban J connectivity index is 2.21. The van der Waals surface area contributed by atoms with Crippen LogP contribution in [-0.2, 0) is 4.74 Å². The van der Waals surface area contributed by atoms with Crippen LogP contribution in [-0.4, -0.2) is 41.9 Å². The number of carbonyl (C=O) groups excluding carboxylic acids is 1. The average molecular weight is 328 g/mol. The van der Waals surface area contributed by atoms with E-state index in [0.717, 1.165) is 11.1 Å². The third kappa shape index (κ3) is 4.63. The number of hydrogen-bond acceptors (Lipinski definition) is 4. The van der Waals surface area contributed by atoms with Crippen molar-refractivity contribution in [3.8, 4) is 11.1 Å². The van der Waals surface area contributed by atoms with E-state index in [-0.39, 0.29) is 12.5 Å². The molecule has 0 aliphatic rings. The molecule has 1 aromatic heterocycles. The van der Waals surface area contributed by atoms with Gasteiger partial charge in [-0.25, -0.2) is 0 Å². The van der Waals surface area contributed by atoms with Crippen LogP contribution in [0.1, 0.15) is 29.3 Å². The molecule has 1 aromatic carbocycles. The maximum Gasteiger partial charge on any atom is 0.253 e. The summed E-state index contributed by atoms with van der Waals surface area (Å²) in [6.07, 6.45) is 3.69. The summed E-state index contributed by atoms with van der Waals surface area (Å²) in [7, 11) is 1.57. The fraction of sp³-hybridized carbons (Fsp3) is 0.368. The fourth-order valence-corrected chi connectivity index (χ4v) is 2.55. The lowest BCUT2D eigenvalue weighted by Gasteiger charge is -2.29. The SMILES string of the molecule is COCC(C)(CCO)NC(=O)c1cncc(-c2ccc(C)cc2)c1. The zero-order chi connectivity index (χ0) is 17.6. The smallest absolute Gasteiger partial charge is 0.253 e. The van der Waals surface area contributed by atoms with E-state index in [0.29, 0.717) is 18.6 Å². The Morgan fingerprint density at radius 2 is 1.96 bits per heavy atom. The number of ether oxygens (including phenoxy) is 1. The van der Waals surface area contributed by atoms with Crippen molar-refractivity contribution in [1.29, 1.82) is 0 Å². The number of aliphatic hydroxyl groups excluding tert-OH is 1. The second kappa shape index (κ2) is 8.04. The number of rotatable bonds is 7. The van der Waals surface area contributed by atoms with Gasteiger partial charge in [-0.15, -0.1) is 0 Å². The van der Waals surface area contributed by atoms with Crippen LogP contribution < -0.4 is 5.32 Å². The number of aliphatic hydroxyl groups is 1. The van der Waals surface area contributed by atoms with Gasteiger partial charge in [-0.2, -0.15) is 0 Å². The van der Waals surface area contributed by atoms with E-state index >= 15 is 0 Å². The Morgan fingerprint density at radius 1 is 1.25 bits per heavy atom. The lowest BCUT2D eigenvalue weighted by molar-refractivity contribution is 0.0725. The van der Waals surface area contributed by atoms with E-state index in [1.165, 1.54) is 5.56 Å². The fourth-order valence-electron chi connectivity index (χ4n) is 2.55. The van der Waals surface area contributed by atoms with Gasteiger partial charge < -0.3 is 15.2 Å². The van der Waals surface area contributed by atoms with Gasteiger partial charge in [-0.05, 0) is 31.9 Å². The molecule has 0 fully saturated rings. The largest absolute Gasteiger partial charge is 0.396 e. The van der Waals surface area contributed by atoms with Gasteiger partial charge in [0.25, 0.3) is 5.91 Å². The Kier molecular flexibility index (Phi) is 6.06. The third-order valence-corrected chi connectivity index (χ3v) is 3.93. The lowest BCUT2D eigenvalue weighted by Crippen LogP contribution is -2.50. The van der Waals surface area contributed by atoms with Crippen molar-refractivity contribution in [1.82, 2.24) is 10.3 Å². The van der Waals surface area contributed by atoms with E-state index in [1.807, 2.05) is 44.2 Å². The number of hydrogen-bond donors (Lipinski definition) is 2. The zero-order valence-electron chi connectivity index (χ0n) is 14.4. The van der Waals surface area contributed by atoms with E-state index < -0.39 is 5.54 Å². The molecule has 0 bridgehead atoms. The Morgan fingerprint density at radius 3 is 2.58 bits per heavy atom. The molecule has 0 radical (unpaired) electrons. The number of carbonyl (C=O) groups is 1. The van der Waals surface area contributed by atoms with Crippen molar-refractivity contribution >= 4 is 5.91 Å². The second-order valence-corrected chi connectivity index (χ2v) is 6.25. The molecular formula is C19H24N2O3. The van der Waals surface area contributed by atoms with Crippen molar-refractivity contribution in [2.75, 3.05) is 20.3 Å². The molecule has 5 nitrogen and oxygen atoms in total. The highest BCUT2D eigenvalue weighted by Crippen LogP contribution is 2.20. The van der Waals surface area contributed by atoms with E-state index in [9.17, 15) is 9.90 Å². The number of amides is 1. The number of aryl methyl sites for hydroxylation is 1. The molecule has 1 amide bonds. The van der Waals surface area contributed by atoms with E-state index in [1.54, 1.807) is 19.5 Å². The minimum absolute atomic E-state index is 0.0260. The van der Waals surface area contributed by atoms with Gasteiger partial charge in [-0.3, -0.25) is 9.78 Å². The maximum atomic E-state index is 12.6. The molecule has 1 heterocycles. The van der Waals surface area contributed by atoms with Crippen LogP contribution in [0.2, 0.25) is 0 Å². The molecular weight excluding hydrogens is 304 g/mol. The molecule has 1 unspecified atom stereocenters. The first-order valence-corrected chi connectivity index (χ1v) is 7.92. The van der Waals surface area contributed by atoms with Gasteiger partial charge >= 0.3 is 0 Å². The third-order valence-electron chi connectivity index (χ3n) is 3.93. The molecule has 2 rings (SSSR count). The molecule has 0 saturated heterocycles. The lowest BCUT2D eigenvalue weighted by atomic mass is 9.98. The van der Waals surface area contributed by atoms with Crippen molar-refractivity contribution in [2.45, 2.75) is 25.8 Å². The molecule has 2 N–H and O–H groups in total. The molecule has 1 atom stereocenters. The van der Waals surface area contributed by atoms with Gasteiger partial charge in [0.05, 0.1) is 17.7 Å². The average Bonchev–Trinajstić information content (AvgIpc) is 2.56. The number of pyridine rings is 1. The van der Waals surface area contributed by atoms with Crippen molar-refractivity contribution < 1.29 is 14.6 Å². The van der Waals surface area contributed by atoms with Gasteiger partial charge in [0.15, 0.2) is 0 Å². The van der Waals surface area contributed by atoms with Crippen molar-refractivity contribution in [3.63, 3.8) is 0 Å². The van der Waals surface area contributed by atoms with Crippen LogP contribution in [0.5, 0.6) is 0 Å². The van der Waals surface area contributed by atoms with Crippen LogP contribution in [0, 0.1) is 6.92 Å². The van der Waals surface area contributed by atoms with Crippen LogP contribution in [0.15, 0.2) is 42.7 Å². The zero-order valence-corrected chi connectivity index (χ0v) is 14.4. The second-order valence-electron chi connectivity index (χ2n) is 6.25. The number of aromatic nitrogens is 1. The summed E-state index contributed by atoms with van der Waals surface area (Å²) < 4.78 is 5.16. The van der Waals surface area contributed by atoms with Gasteiger partial charge in [0.2, 0.25) is 0 Å². The number of benzene rings is 1. The number of methoxy groups -OCH3 is 1. The van der Waals surface area contributed by atoms with Gasteiger partial charge in [0, 0.05) is 31.7 Å². The first-order chi connectivity index (χ1) is 11.5. The van der Waals surface area contributed by atoms with Gasteiger partial charge in [0.1, 0.15) is 0 Å². The Bertz CT molecular complexity index is 677. The van der Waals surface area contributed by atoms with Crippen LogP contribution >= 0.6 is 0 Å².